The van der Waals surface area contributed by atoms with E-state index >= 15 is 0 Å². The Morgan fingerprint density at radius 3 is 2.31 bits per heavy atom. The van der Waals surface area contributed by atoms with E-state index in [0.29, 0.717) is 5.56 Å². The molecule has 0 aromatic heterocycles. The highest BCUT2D eigenvalue weighted by Gasteiger charge is 2.67. The number of rotatable bonds is 4. The van der Waals surface area contributed by atoms with Crippen LogP contribution in [-0.4, -0.2) is 33.7 Å². The SMILES string of the molecule is C[C@@]12C(=O)N(c3ccc(F)c(Cl)c3)C(=O)[C@@H]1C[C@@H]1C(=CC[C@@H]3C(=O)N(c4ccc([N+](=O)[O-])cc4)C(=O)[C@@H]31)[C@@H]2c1cccc(O)c1. The van der Waals surface area contributed by atoms with Gasteiger partial charge in [0.05, 0.1) is 44.5 Å². The first kappa shape index (κ1) is 28.8. The molecule has 2 saturated heterocycles. The molecule has 228 valence electrons. The summed E-state index contributed by atoms with van der Waals surface area (Å²) in [7, 11) is 0. The van der Waals surface area contributed by atoms with Crippen molar-refractivity contribution in [1.82, 2.24) is 0 Å². The molecule has 0 unspecified atom stereocenters. The fourth-order valence-corrected chi connectivity index (χ4v) is 8.12. The second-order valence-electron chi connectivity index (χ2n) is 12.1. The fourth-order valence-electron chi connectivity index (χ4n) is 7.95. The summed E-state index contributed by atoms with van der Waals surface area (Å²) in [5.74, 6) is -6.52. The van der Waals surface area contributed by atoms with Crippen LogP contribution in [0.3, 0.4) is 0 Å². The second-order valence-corrected chi connectivity index (χ2v) is 12.5. The lowest BCUT2D eigenvalue weighted by atomic mass is 9.51. The summed E-state index contributed by atoms with van der Waals surface area (Å²) in [5.41, 5.74) is 0.103. The molecule has 10 nitrogen and oxygen atoms in total. The minimum atomic E-state index is -1.34. The number of allylic oxidation sites excluding steroid dienone is 2. The van der Waals surface area contributed by atoms with Crippen molar-refractivity contribution in [3.05, 3.63) is 105 Å². The zero-order chi connectivity index (χ0) is 31.9. The van der Waals surface area contributed by atoms with E-state index in [2.05, 4.69) is 0 Å². The molecule has 0 spiro atoms. The molecule has 2 aliphatic carbocycles. The van der Waals surface area contributed by atoms with Crippen LogP contribution < -0.4 is 9.80 Å². The molecular formula is C33H25ClFN3O7. The lowest BCUT2D eigenvalue weighted by Crippen LogP contribution is -2.48. The minimum Gasteiger partial charge on any atom is -0.508 e. The fraction of sp³-hybridized carbons (Fsp3) is 0.273. The molecule has 1 N–H and O–H groups in total. The number of nitrogens with zero attached hydrogens (tertiary/aromatic N) is 3. The third-order valence-electron chi connectivity index (χ3n) is 9.96. The van der Waals surface area contributed by atoms with Gasteiger partial charge in [0.25, 0.3) is 5.69 Å². The average Bonchev–Trinajstić information content (AvgIpc) is 3.38. The number of phenols is 1. The van der Waals surface area contributed by atoms with Gasteiger partial charge in [-0.25, -0.2) is 9.29 Å². The number of fused-ring (bicyclic) bond motifs is 4. The van der Waals surface area contributed by atoms with Crippen molar-refractivity contribution in [2.75, 3.05) is 9.80 Å². The number of benzene rings is 3. The van der Waals surface area contributed by atoms with Crippen LogP contribution in [0, 0.1) is 45.0 Å². The predicted molar refractivity (Wildman–Crippen MR) is 160 cm³/mol. The van der Waals surface area contributed by atoms with E-state index in [4.69, 9.17) is 11.6 Å². The van der Waals surface area contributed by atoms with Gasteiger partial charge in [0.1, 0.15) is 11.6 Å². The van der Waals surface area contributed by atoms with Crippen molar-refractivity contribution >= 4 is 52.3 Å². The first-order valence-corrected chi connectivity index (χ1v) is 14.8. The number of non-ortho nitro benzene ring substituents is 1. The van der Waals surface area contributed by atoms with E-state index in [0.717, 1.165) is 21.4 Å². The Balaban J connectivity index is 1.34. The Bertz CT molecular complexity index is 1880. The first-order valence-electron chi connectivity index (χ1n) is 14.4. The Labute approximate surface area is 260 Å². The van der Waals surface area contributed by atoms with Crippen LogP contribution in [-0.2, 0) is 19.2 Å². The Kier molecular flexibility index (Phi) is 6.45. The van der Waals surface area contributed by atoms with Crippen molar-refractivity contribution in [3.8, 4) is 5.75 Å². The van der Waals surface area contributed by atoms with E-state index in [1.807, 2.05) is 6.08 Å². The number of imide groups is 2. The van der Waals surface area contributed by atoms with Gasteiger partial charge in [0.15, 0.2) is 0 Å². The summed E-state index contributed by atoms with van der Waals surface area (Å²) in [6.45, 7) is 1.70. The van der Waals surface area contributed by atoms with Crippen LogP contribution >= 0.6 is 11.6 Å². The molecule has 4 amide bonds. The standard InChI is InChI=1S/C33H25ClFN3O7/c1-33-24(30(41)37(32(33)43)19-9-12-26(35)25(34)14-19)15-23-21(28(33)16-3-2-4-20(39)13-16)10-11-22-27(23)31(42)36(29(22)40)17-5-7-18(8-6-17)38(44)45/h2-10,12-14,22-24,27-28,39H,11,15H2,1H3/t22-,23+,24-,27-,28-,33+/m0/s1. The lowest BCUT2D eigenvalue weighted by Gasteiger charge is -2.49. The molecule has 6 atom stereocenters. The summed E-state index contributed by atoms with van der Waals surface area (Å²) in [5, 5.41) is 21.3. The van der Waals surface area contributed by atoms with E-state index in [1.54, 1.807) is 19.1 Å². The van der Waals surface area contributed by atoms with Gasteiger partial charge in [-0.3, -0.25) is 34.2 Å². The molecule has 2 heterocycles. The van der Waals surface area contributed by atoms with Crippen LogP contribution in [0.4, 0.5) is 21.5 Å². The molecule has 4 aliphatic rings. The Morgan fingerprint density at radius 2 is 1.64 bits per heavy atom. The molecule has 3 fully saturated rings. The highest BCUT2D eigenvalue weighted by Crippen LogP contribution is 2.63. The van der Waals surface area contributed by atoms with Crippen molar-refractivity contribution in [3.63, 3.8) is 0 Å². The van der Waals surface area contributed by atoms with Gasteiger partial charge in [-0.15, -0.1) is 0 Å². The third kappa shape index (κ3) is 4.06. The molecule has 7 rings (SSSR count). The van der Waals surface area contributed by atoms with Gasteiger partial charge in [-0.05, 0) is 73.7 Å². The topological polar surface area (TPSA) is 138 Å². The van der Waals surface area contributed by atoms with Crippen molar-refractivity contribution in [1.29, 1.82) is 0 Å². The van der Waals surface area contributed by atoms with Gasteiger partial charge in [0, 0.05) is 18.1 Å². The number of halogens is 2. The van der Waals surface area contributed by atoms with Crippen LogP contribution in [0.1, 0.15) is 31.2 Å². The van der Waals surface area contributed by atoms with E-state index in [9.17, 15) is 38.8 Å². The van der Waals surface area contributed by atoms with Crippen LogP contribution in [0.25, 0.3) is 0 Å². The third-order valence-corrected chi connectivity index (χ3v) is 10.2. The summed E-state index contributed by atoms with van der Waals surface area (Å²) in [6.07, 6.45) is 2.18. The molecule has 2 aliphatic heterocycles. The number of aromatic hydroxyl groups is 1. The summed E-state index contributed by atoms with van der Waals surface area (Å²) in [6, 6.07) is 15.2. The quantitative estimate of drug-likeness (QED) is 0.173. The smallest absolute Gasteiger partial charge is 0.269 e. The molecular weight excluding hydrogens is 605 g/mol. The first-order chi connectivity index (χ1) is 21.4. The van der Waals surface area contributed by atoms with Crippen molar-refractivity contribution < 1.29 is 33.6 Å². The zero-order valence-electron chi connectivity index (χ0n) is 23.7. The maximum Gasteiger partial charge on any atom is 0.269 e. The summed E-state index contributed by atoms with van der Waals surface area (Å²) < 4.78 is 14.0. The molecule has 1 saturated carbocycles. The number of anilines is 2. The van der Waals surface area contributed by atoms with E-state index in [1.165, 1.54) is 48.5 Å². The van der Waals surface area contributed by atoms with Crippen LogP contribution in [0.15, 0.2) is 78.4 Å². The number of nitro groups is 1. The number of hydrogen-bond donors (Lipinski definition) is 1. The number of carbonyl (C=O) groups is 4. The minimum absolute atomic E-state index is 0.0422. The van der Waals surface area contributed by atoms with Crippen molar-refractivity contribution in [2.24, 2.45) is 29.1 Å². The maximum absolute atomic E-state index is 14.4. The van der Waals surface area contributed by atoms with Crippen LogP contribution in [0.5, 0.6) is 5.75 Å². The van der Waals surface area contributed by atoms with Gasteiger partial charge in [-0.1, -0.05) is 35.4 Å². The van der Waals surface area contributed by atoms with Crippen LogP contribution in [0.2, 0.25) is 5.02 Å². The highest BCUT2D eigenvalue weighted by molar-refractivity contribution is 6.32. The number of carbonyl (C=O) groups excluding carboxylic acids is 4. The molecule has 12 heteroatoms. The zero-order valence-corrected chi connectivity index (χ0v) is 24.5. The largest absolute Gasteiger partial charge is 0.508 e. The Morgan fingerprint density at radius 1 is 0.933 bits per heavy atom. The van der Waals surface area contributed by atoms with Gasteiger partial charge in [0.2, 0.25) is 23.6 Å². The normalized spacial score (nSPS) is 29.0. The molecule has 3 aromatic carbocycles. The average molecular weight is 630 g/mol. The number of amides is 4. The second kappa shape index (κ2) is 10.1. The predicted octanol–water partition coefficient (Wildman–Crippen LogP) is 5.53. The summed E-state index contributed by atoms with van der Waals surface area (Å²) in [4.78, 5) is 69.0. The van der Waals surface area contributed by atoms with Gasteiger partial charge < -0.3 is 5.11 Å². The monoisotopic (exact) mass is 629 g/mol. The summed E-state index contributed by atoms with van der Waals surface area (Å²) >= 11 is 6.03. The highest BCUT2D eigenvalue weighted by atomic mass is 35.5. The maximum atomic E-state index is 14.4. The molecule has 3 aromatic rings. The lowest BCUT2D eigenvalue weighted by molar-refractivity contribution is -0.384. The molecule has 45 heavy (non-hydrogen) atoms. The number of phenolic OH excluding ortho intramolecular Hbond substituents is 1. The van der Waals surface area contributed by atoms with Gasteiger partial charge >= 0.3 is 0 Å². The van der Waals surface area contributed by atoms with Gasteiger partial charge in [-0.2, -0.15) is 0 Å². The number of nitro benzene ring substituents is 1. The molecule has 0 radical (unpaired) electrons. The van der Waals surface area contributed by atoms with E-state index in [-0.39, 0.29) is 40.7 Å². The van der Waals surface area contributed by atoms with Crippen molar-refractivity contribution in [2.45, 2.75) is 25.7 Å². The molecule has 0 bridgehead atoms. The number of hydrogen-bond acceptors (Lipinski definition) is 7. The van der Waals surface area contributed by atoms with E-state index < -0.39 is 69.4 Å². The Hall–Kier alpha value is -4.90.